The van der Waals surface area contributed by atoms with Crippen molar-refractivity contribution >= 4 is 22.9 Å². The van der Waals surface area contributed by atoms with Crippen LogP contribution in [0, 0.1) is 12.8 Å². The number of hydrogen-bond acceptors (Lipinski definition) is 7. The van der Waals surface area contributed by atoms with Crippen LogP contribution in [0.1, 0.15) is 58.6 Å². The molecule has 3 unspecified atom stereocenters. The summed E-state index contributed by atoms with van der Waals surface area (Å²) in [6, 6.07) is 6.95. The lowest BCUT2D eigenvalue weighted by Gasteiger charge is -2.32. The molecular formula is C31H43N5O5. The average Bonchev–Trinajstić information content (AvgIpc) is 3.23. The number of aryl methyl sites for hydroxylation is 2. The molecule has 0 spiro atoms. The summed E-state index contributed by atoms with van der Waals surface area (Å²) < 4.78 is 9.27. The Balaban J connectivity index is 1.70. The zero-order valence-corrected chi connectivity index (χ0v) is 25.2. The maximum Gasteiger partial charge on any atom is 0.326 e. The average molecular weight is 566 g/mol. The fourth-order valence-electron chi connectivity index (χ4n) is 5.49. The molecule has 222 valence electrons. The van der Waals surface area contributed by atoms with E-state index in [-0.39, 0.29) is 17.4 Å². The molecule has 0 bridgehead atoms. The normalized spacial score (nSPS) is 17.5. The van der Waals surface area contributed by atoms with Gasteiger partial charge < -0.3 is 23.9 Å². The van der Waals surface area contributed by atoms with Crippen molar-refractivity contribution in [3.8, 4) is 11.4 Å². The van der Waals surface area contributed by atoms with Gasteiger partial charge in [0.15, 0.2) is 0 Å². The van der Waals surface area contributed by atoms with Crippen molar-refractivity contribution in [1.29, 1.82) is 0 Å². The number of carbonyl (C=O) groups is 2. The fourth-order valence-corrected chi connectivity index (χ4v) is 5.49. The lowest BCUT2D eigenvalue weighted by Crippen LogP contribution is -2.47. The standard InChI is InChI=1S/C31H43N5O5/c1-19-13-24(18-34(7)29(19)39)28-33-25-11-10-22(15-32-27(20(2)37)30(40)41-31(4,5)6)14-26(25)36(28)17-23-9-8-12-35(16-23)21(3)38/h10-11,13-14,18,20,23,27,32,37H,8-9,12,15-17H2,1-7H3. The van der Waals surface area contributed by atoms with Gasteiger partial charge in [-0.1, -0.05) is 6.07 Å². The molecule has 3 heterocycles. The minimum Gasteiger partial charge on any atom is -0.459 e. The molecule has 1 aliphatic heterocycles. The second-order valence-electron chi connectivity index (χ2n) is 12.3. The number of imidazole rings is 1. The molecule has 1 fully saturated rings. The molecule has 1 aromatic carbocycles. The van der Waals surface area contributed by atoms with Crippen LogP contribution in [0.2, 0.25) is 0 Å². The number of piperidine rings is 1. The first-order valence-corrected chi connectivity index (χ1v) is 14.3. The Morgan fingerprint density at radius 2 is 1.98 bits per heavy atom. The third-order valence-electron chi connectivity index (χ3n) is 7.51. The topological polar surface area (TPSA) is 119 Å². The number of pyridine rings is 1. The Morgan fingerprint density at radius 1 is 1.24 bits per heavy atom. The van der Waals surface area contributed by atoms with Crippen LogP contribution in [0.25, 0.3) is 22.4 Å². The van der Waals surface area contributed by atoms with Crippen LogP contribution in [0.4, 0.5) is 0 Å². The fraction of sp³-hybridized carbons (Fsp3) is 0.548. The van der Waals surface area contributed by atoms with E-state index in [0.717, 1.165) is 47.4 Å². The van der Waals surface area contributed by atoms with Gasteiger partial charge in [0.2, 0.25) is 5.91 Å². The van der Waals surface area contributed by atoms with Crippen LogP contribution in [-0.4, -0.2) is 66.8 Å². The van der Waals surface area contributed by atoms with E-state index in [1.54, 1.807) is 53.2 Å². The minimum atomic E-state index is -0.936. The van der Waals surface area contributed by atoms with Crippen LogP contribution in [0.5, 0.6) is 0 Å². The quantitative estimate of drug-likeness (QED) is 0.403. The van der Waals surface area contributed by atoms with Crippen molar-refractivity contribution in [3.63, 3.8) is 0 Å². The van der Waals surface area contributed by atoms with Gasteiger partial charge in [0.1, 0.15) is 17.5 Å². The zero-order chi connectivity index (χ0) is 30.1. The smallest absolute Gasteiger partial charge is 0.326 e. The number of esters is 1. The summed E-state index contributed by atoms with van der Waals surface area (Å²) >= 11 is 0. The number of aromatic nitrogens is 3. The molecule has 10 nitrogen and oxygen atoms in total. The number of rotatable bonds is 8. The second-order valence-corrected chi connectivity index (χ2v) is 12.3. The summed E-state index contributed by atoms with van der Waals surface area (Å²) in [5.74, 6) is 0.605. The summed E-state index contributed by atoms with van der Waals surface area (Å²) in [7, 11) is 1.74. The van der Waals surface area contributed by atoms with E-state index in [0.29, 0.717) is 25.2 Å². The first-order chi connectivity index (χ1) is 19.2. The zero-order valence-electron chi connectivity index (χ0n) is 25.2. The summed E-state index contributed by atoms with van der Waals surface area (Å²) in [4.78, 5) is 44.1. The van der Waals surface area contributed by atoms with Crippen LogP contribution in [0.15, 0.2) is 35.3 Å². The van der Waals surface area contributed by atoms with E-state index in [1.807, 2.05) is 35.4 Å². The summed E-state index contributed by atoms with van der Waals surface area (Å²) in [6.45, 7) is 12.8. The molecule has 10 heteroatoms. The maximum atomic E-state index is 12.7. The molecule has 1 saturated heterocycles. The molecule has 1 amide bonds. The van der Waals surface area contributed by atoms with Gasteiger partial charge >= 0.3 is 5.97 Å². The number of aliphatic hydroxyl groups excluding tert-OH is 1. The first-order valence-electron chi connectivity index (χ1n) is 14.3. The van der Waals surface area contributed by atoms with Crippen molar-refractivity contribution in [3.05, 3.63) is 51.9 Å². The number of nitrogens with one attached hydrogen (secondary N) is 1. The van der Waals surface area contributed by atoms with Crippen LogP contribution < -0.4 is 10.9 Å². The maximum absolute atomic E-state index is 12.7. The Kier molecular flexibility index (Phi) is 9.03. The molecule has 41 heavy (non-hydrogen) atoms. The van der Waals surface area contributed by atoms with Gasteiger partial charge in [0.05, 0.1) is 17.1 Å². The molecular weight excluding hydrogens is 522 g/mol. The van der Waals surface area contributed by atoms with E-state index < -0.39 is 23.7 Å². The van der Waals surface area contributed by atoms with Crippen molar-refractivity contribution in [2.75, 3.05) is 13.1 Å². The van der Waals surface area contributed by atoms with Gasteiger partial charge in [-0.2, -0.15) is 0 Å². The van der Waals surface area contributed by atoms with Crippen molar-refractivity contribution < 1.29 is 19.4 Å². The monoisotopic (exact) mass is 565 g/mol. The number of likely N-dealkylation sites (tertiary alicyclic amines) is 1. The SMILES string of the molecule is CC(=O)N1CCCC(Cn2c(-c3cc(C)c(=O)n(C)c3)nc3ccc(CNC(C(=O)OC(C)(C)C)C(C)O)cc32)C1. The van der Waals surface area contributed by atoms with Crippen molar-refractivity contribution in [2.45, 2.75) is 85.2 Å². The first kappa shape index (κ1) is 30.5. The van der Waals surface area contributed by atoms with Crippen LogP contribution >= 0.6 is 0 Å². The number of amides is 1. The highest BCUT2D eigenvalue weighted by Gasteiger charge is 2.29. The van der Waals surface area contributed by atoms with Crippen molar-refractivity contribution in [1.82, 2.24) is 24.3 Å². The van der Waals surface area contributed by atoms with Crippen LogP contribution in [-0.2, 0) is 34.5 Å². The second kappa shape index (κ2) is 12.2. The minimum absolute atomic E-state index is 0.0493. The molecule has 3 atom stereocenters. The number of fused-ring (bicyclic) bond motifs is 1. The van der Waals surface area contributed by atoms with E-state index in [4.69, 9.17) is 9.72 Å². The third-order valence-corrected chi connectivity index (χ3v) is 7.51. The molecule has 4 rings (SSSR count). The summed E-state index contributed by atoms with van der Waals surface area (Å²) in [5, 5.41) is 13.4. The third kappa shape index (κ3) is 7.23. The van der Waals surface area contributed by atoms with Gasteiger partial charge in [-0.25, -0.2) is 4.98 Å². The van der Waals surface area contributed by atoms with Gasteiger partial charge in [-0.15, -0.1) is 0 Å². The molecule has 1 aliphatic rings. The molecule has 0 radical (unpaired) electrons. The van der Waals surface area contributed by atoms with Gasteiger partial charge in [-0.05, 0) is 77.1 Å². The Morgan fingerprint density at radius 3 is 2.61 bits per heavy atom. The molecule has 2 aromatic heterocycles. The van der Waals surface area contributed by atoms with Gasteiger partial charge in [0, 0.05) is 57.5 Å². The van der Waals surface area contributed by atoms with Crippen LogP contribution in [0.3, 0.4) is 0 Å². The highest BCUT2D eigenvalue weighted by molar-refractivity contribution is 5.81. The van der Waals surface area contributed by atoms with E-state index in [2.05, 4.69) is 9.88 Å². The van der Waals surface area contributed by atoms with Gasteiger partial charge in [0.25, 0.3) is 5.56 Å². The van der Waals surface area contributed by atoms with Gasteiger partial charge in [-0.3, -0.25) is 19.7 Å². The largest absolute Gasteiger partial charge is 0.459 e. The molecule has 3 aromatic rings. The molecule has 0 aliphatic carbocycles. The number of benzene rings is 1. The number of carbonyl (C=O) groups excluding carboxylic acids is 2. The van der Waals surface area contributed by atoms with E-state index in [1.165, 1.54) is 0 Å². The lowest BCUT2D eigenvalue weighted by molar-refractivity contribution is -0.160. The number of hydrogen-bond donors (Lipinski definition) is 2. The highest BCUT2D eigenvalue weighted by Crippen LogP contribution is 2.29. The Hall–Kier alpha value is -3.50. The van der Waals surface area contributed by atoms with E-state index in [9.17, 15) is 19.5 Å². The summed E-state index contributed by atoms with van der Waals surface area (Å²) in [5.41, 5.74) is 3.44. The Bertz CT molecular complexity index is 1460. The molecule has 2 N–H and O–H groups in total. The van der Waals surface area contributed by atoms with Crippen molar-refractivity contribution in [2.24, 2.45) is 13.0 Å². The Labute approximate surface area is 241 Å². The molecule has 0 saturated carbocycles. The lowest BCUT2D eigenvalue weighted by atomic mass is 9.97. The predicted molar refractivity (Wildman–Crippen MR) is 158 cm³/mol. The number of nitrogens with zero attached hydrogens (tertiary/aromatic N) is 4. The summed E-state index contributed by atoms with van der Waals surface area (Å²) in [6.07, 6.45) is 2.83. The number of aliphatic hydroxyl groups is 1. The van der Waals surface area contributed by atoms with E-state index >= 15 is 0 Å². The predicted octanol–water partition coefficient (Wildman–Crippen LogP) is 3.15. The highest BCUT2D eigenvalue weighted by atomic mass is 16.6. The number of ether oxygens (including phenoxy) is 1.